The third-order valence-corrected chi connectivity index (χ3v) is 4.98. The molecule has 0 bridgehead atoms. The molecule has 0 fully saturated rings. The molecular weight excluding hydrogens is 350 g/mol. The van der Waals surface area contributed by atoms with Gasteiger partial charge in [-0.1, -0.05) is 6.07 Å². The molecule has 1 amide bonds. The summed E-state index contributed by atoms with van der Waals surface area (Å²) in [5.74, 6) is -2.14. The predicted octanol–water partition coefficient (Wildman–Crippen LogP) is 3.25. The lowest BCUT2D eigenvalue weighted by molar-refractivity contribution is 0.0772. The zero-order valence-corrected chi connectivity index (χ0v) is 14.6. The van der Waals surface area contributed by atoms with Crippen molar-refractivity contribution in [1.82, 2.24) is 4.90 Å². The zero-order valence-electron chi connectivity index (χ0n) is 13.8. The maximum absolute atomic E-state index is 13.7. The van der Waals surface area contributed by atoms with Gasteiger partial charge in [0.25, 0.3) is 15.9 Å². The van der Waals surface area contributed by atoms with E-state index < -0.39 is 21.7 Å². The minimum absolute atomic E-state index is 0.186. The average molecular weight is 368 g/mol. The van der Waals surface area contributed by atoms with Gasteiger partial charge in [-0.2, -0.15) is 0 Å². The van der Waals surface area contributed by atoms with E-state index in [1.807, 2.05) is 13.8 Å². The number of rotatable bonds is 6. The summed E-state index contributed by atoms with van der Waals surface area (Å²) >= 11 is 0. The fourth-order valence-corrected chi connectivity index (χ4v) is 3.38. The lowest BCUT2D eigenvalue weighted by atomic mass is 10.2. The second-order valence-electron chi connectivity index (χ2n) is 5.23. The Morgan fingerprint density at radius 3 is 2.36 bits per heavy atom. The Balaban J connectivity index is 2.34. The molecule has 0 heterocycles. The lowest BCUT2D eigenvalue weighted by Gasteiger charge is -2.19. The molecule has 0 saturated heterocycles. The van der Waals surface area contributed by atoms with Gasteiger partial charge in [0.05, 0.1) is 10.6 Å². The second-order valence-corrected chi connectivity index (χ2v) is 6.92. The SMILES string of the molecule is CCN(CC)C(=O)c1cccc(S(=O)(=O)Nc2ccc(F)cc2F)c1. The molecule has 0 aromatic heterocycles. The Labute approximate surface area is 145 Å². The fraction of sp³-hybridized carbons (Fsp3) is 0.235. The summed E-state index contributed by atoms with van der Waals surface area (Å²) in [4.78, 5) is 13.7. The van der Waals surface area contributed by atoms with Crippen LogP contribution in [0.3, 0.4) is 0 Å². The van der Waals surface area contributed by atoms with Gasteiger partial charge in [-0.25, -0.2) is 17.2 Å². The number of carbonyl (C=O) groups is 1. The van der Waals surface area contributed by atoms with E-state index in [1.165, 1.54) is 24.3 Å². The summed E-state index contributed by atoms with van der Waals surface area (Å²) in [5.41, 5.74) is -0.159. The van der Waals surface area contributed by atoms with Gasteiger partial charge in [-0.05, 0) is 44.2 Å². The number of sulfonamides is 1. The van der Waals surface area contributed by atoms with Crippen LogP contribution in [0, 0.1) is 11.6 Å². The minimum Gasteiger partial charge on any atom is -0.339 e. The third kappa shape index (κ3) is 4.33. The molecule has 0 saturated carbocycles. The smallest absolute Gasteiger partial charge is 0.262 e. The number of anilines is 1. The monoisotopic (exact) mass is 368 g/mol. The third-order valence-electron chi connectivity index (χ3n) is 3.62. The molecule has 2 rings (SSSR count). The van der Waals surface area contributed by atoms with Crippen LogP contribution in [0.15, 0.2) is 47.4 Å². The molecule has 1 N–H and O–H groups in total. The van der Waals surface area contributed by atoms with Crippen LogP contribution in [0.25, 0.3) is 0 Å². The lowest BCUT2D eigenvalue weighted by Crippen LogP contribution is -2.30. The van der Waals surface area contributed by atoms with E-state index in [-0.39, 0.29) is 22.1 Å². The maximum atomic E-state index is 13.7. The molecule has 0 radical (unpaired) electrons. The summed E-state index contributed by atoms with van der Waals surface area (Å²) in [6.07, 6.45) is 0. The number of halogens is 2. The molecule has 0 aliphatic heterocycles. The van der Waals surface area contributed by atoms with E-state index in [0.29, 0.717) is 19.2 Å². The maximum Gasteiger partial charge on any atom is 0.262 e. The predicted molar refractivity (Wildman–Crippen MR) is 90.9 cm³/mol. The number of carbonyl (C=O) groups excluding carboxylic acids is 1. The van der Waals surface area contributed by atoms with Crippen LogP contribution in [0.1, 0.15) is 24.2 Å². The average Bonchev–Trinajstić information content (AvgIpc) is 2.58. The Hall–Kier alpha value is -2.48. The van der Waals surface area contributed by atoms with Gasteiger partial charge in [0.2, 0.25) is 0 Å². The minimum atomic E-state index is -4.13. The van der Waals surface area contributed by atoms with Crippen LogP contribution >= 0.6 is 0 Å². The van der Waals surface area contributed by atoms with E-state index in [9.17, 15) is 22.0 Å². The molecule has 0 spiro atoms. The normalized spacial score (nSPS) is 11.2. The van der Waals surface area contributed by atoms with Crippen molar-refractivity contribution in [2.45, 2.75) is 18.7 Å². The number of hydrogen-bond acceptors (Lipinski definition) is 3. The summed E-state index contributed by atoms with van der Waals surface area (Å²) < 4.78 is 53.5. The topological polar surface area (TPSA) is 66.5 Å². The molecule has 134 valence electrons. The van der Waals surface area contributed by atoms with E-state index in [1.54, 1.807) is 4.90 Å². The molecular formula is C17H18F2N2O3S. The molecule has 2 aromatic carbocycles. The number of nitrogens with one attached hydrogen (secondary N) is 1. The Morgan fingerprint density at radius 2 is 1.76 bits per heavy atom. The first-order chi connectivity index (χ1) is 11.8. The van der Waals surface area contributed by atoms with E-state index in [4.69, 9.17) is 0 Å². The van der Waals surface area contributed by atoms with E-state index >= 15 is 0 Å². The van der Waals surface area contributed by atoms with Crippen LogP contribution < -0.4 is 4.72 Å². The van der Waals surface area contributed by atoms with Crippen LogP contribution in [0.5, 0.6) is 0 Å². The number of benzene rings is 2. The highest BCUT2D eigenvalue weighted by Gasteiger charge is 2.20. The summed E-state index contributed by atoms with van der Waals surface area (Å²) in [5, 5.41) is 0. The van der Waals surface area contributed by atoms with Gasteiger partial charge in [0, 0.05) is 24.7 Å². The highest BCUT2D eigenvalue weighted by molar-refractivity contribution is 7.92. The molecule has 0 atom stereocenters. The van der Waals surface area contributed by atoms with Crippen molar-refractivity contribution in [2.75, 3.05) is 17.8 Å². The summed E-state index contributed by atoms with van der Waals surface area (Å²) in [6, 6.07) is 7.99. The van der Waals surface area contributed by atoms with Crippen molar-refractivity contribution in [1.29, 1.82) is 0 Å². The van der Waals surface area contributed by atoms with Crippen molar-refractivity contribution in [3.63, 3.8) is 0 Å². The van der Waals surface area contributed by atoms with Gasteiger partial charge in [-0.15, -0.1) is 0 Å². The largest absolute Gasteiger partial charge is 0.339 e. The van der Waals surface area contributed by atoms with Gasteiger partial charge < -0.3 is 4.90 Å². The molecule has 0 aliphatic carbocycles. The van der Waals surface area contributed by atoms with Crippen molar-refractivity contribution < 1.29 is 22.0 Å². The summed E-state index contributed by atoms with van der Waals surface area (Å²) in [6.45, 7) is 4.62. The van der Waals surface area contributed by atoms with E-state index in [0.717, 1.165) is 12.1 Å². The van der Waals surface area contributed by atoms with Gasteiger partial charge in [-0.3, -0.25) is 9.52 Å². The van der Waals surface area contributed by atoms with E-state index in [2.05, 4.69) is 4.72 Å². The molecule has 5 nitrogen and oxygen atoms in total. The van der Waals surface area contributed by atoms with Gasteiger partial charge in [0.1, 0.15) is 11.6 Å². The molecule has 2 aromatic rings. The van der Waals surface area contributed by atoms with Crippen LogP contribution in [-0.2, 0) is 10.0 Å². The fourth-order valence-electron chi connectivity index (χ4n) is 2.27. The first kappa shape index (κ1) is 18.9. The highest BCUT2D eigenvalue weighted by Crippen LogP contribution is 2.21. The number of amides is 1. The highest BCUT2D eigenvalue weighted by atomic mass is 32.2. The molecule has 8 heteroatoms. The Morgan fingerprint density at radius 1 is 1.08 bits per heavy atom. The van der Waals surface area contributed by atoms with Crippen LogP contribution in [0.2, 0.25) is 0 Å². The first-order valence-electron chi connectivity index (χ1n) is 7.65. The standard InChI is InChI=1S/C17H18F2N2O3S/c1-3-21(4-2)17(22)12-6-5-7-14(10-12)25(23,24)20-16-9-8-13(18)11-15(16)19/h5-11,20H,3-4H2,1-2H3. The van der Waals surface area contributed by atoms with Crippen molar-refractivity contribution in [3.8, 4) is 0 Å². The van der Waals surface area contributed by atoms with Crippen LogP contribution in [-0.4, -0.2) is 32.3 Å². The second kappa shape index (κ2) is 7.60. The van der Waals surface area contributed by atoms with Crippen molar-refractivity contribution >= 4 is 21.6 Å². The Kier molecular flexibility index (Phi) is 5.73. The molecule has 0 unspecified atom stereocenters. The van der Waals surface area contributed by atoms with Gasteiger partial charge >= 0.3 is 0 Å². The number of hydrogen-bond donors (Lipinski definition) is 1. The Bertz CT molecular complexity index is 881. The summed E-state index contributed by atoms with van der Waals surface area (Å²) in [7, 11) is -4.13. The molecule has 25 heavy (non-hydrogen) atoms. The van der Waals surface area contributed by atoms with Crippen molar-refractivity contribution in [3.05, 3.63) is 59.7 Å². The quantitative estimate of drug-likeness (QED) is 0.851. The van der Waals surface area contributed by atoms with Crippen LogP contribution in [0.4, 0.5) is 14.5 Å². The molecule has 0 aliphatic rings. The van der Waals surface area contributed by atoms with Crippen molar-refractivity contribution in [2.24, 2.45) is 0 Å². The zero-order chi connectivity index (χ0) is 18.6. The van der Waals surface area contributed by atoms with Gasteiger partial charge in [0.15, 0.2) is 0 Å². The first-order valence-corrected chi connectivity index (χ1v) is 9.14. The number of nitrogens with zero attached hydrogens (tertiary/aromatic N) is 1.